The summed E-state index contributed by atoms with van der Waals surface area (Å²) in [6, 6.07) is 5.25. The van der Waals surface area contributed by atoms with Crippen molar-refractivity contribution in [2.75, 3.05) is 6.61 Å². The highest BCUT2D eigenvalue weighted by molar-refractivity contribution is 6.32. The Morgan fingerprint density at radius 1 is 1.53 bits per heavy atom. The van der Waals surface area contributed by atoms with Crippen LogP contribution in [0.4, 0.5) is 0 Å². The molecule has 1 amide bonds. The van der Waals surface area contributed by atoms with Crippen molar-refractivity contribution < 1.29 is 14.7 Å². The Morgan fingerprint density at radius 3 is 2.84 bits per heavy atom. The third-order valence-corrected chi connectivity index (χ3v) is 2.74. The highest BCUT2D eigenvalue weighted by Gasteiger charge is 2.03. The molecule has 0 aliphatic heterocycles. The molecule has 0 fully saturated rings. The molecule has 1 aromatic rings. The van der Waals surface area contributed by atoms with E-state index in [1.165, 1.54) is 11.6 Å². The zero-order chi connectivity index (χ0) is 14.3. The summed E-state index contributed by atoms with van der Waals surface area (Å²) in [5.41, 5.74) is 2.27. The fourth-order valence-corrected chi connectivity index (χ4v) is 1.60. The van der Waals surface area contributed by atoms with Gasteiger partial charge in [0.25, 0.3) is 5.91 Å². The van der Waals surface area contributed by atoms with Gasteiger partial charge in [0.15, 0.2) is 0 Å². The first-order valence-corrected chi connectivity index (χ1v) is 6.45. The number of ether oxygens (including phenoxy) is 1. The van der Waals surface area contributed by atoms with Crippen LogP contribution in [0.25, 0.3) is 6.08 Å². The minimum Gasteiger partial charge on any atom is -0.492 e. The molecule has 0 radical (unpaired) electrons. The summed E-state index contributed by atoms with van der Waals surface area (Å²) in [7, 11) is 0. The van der Waals surface area contributed by atoms with E-state index >= 15 is 0 Å². The van der Waals surface area contributed by atoms with Crippen LogP contribution in [0.5, 0.6) is 5.75 Å². The average molecular weight is 284 g/mol. The van der Waals surface area contributed by atoms with Crippen molar-refractivity contribution in [1.82, 2.24) is 5.48 Å². The van der Waals surface area contributed by atoms with Crippen molar-refractivity contribution >= 4 is 23.6 Å². The fraction of sp³-hybridized carbons (Fsp3) is 0.357. The molecule has 0 aliphatic rings. The minimum atomic E-state index is -0.589. The van der Waals surface area contributed by atoms with E-state index in [0.717, 1.165) is 12.0 Å². The largest absolute Gasteiger partial charge is 0.492 e. The lowest BCUT2D eigenvalue weighted by molar-refractivity contribution is -0.124. The molecular weight excluding hydrogens is 266 g/mol. The van der Waals surface area contributed by atoms with Crippen molar-refractivity contribution in [3.63, 3.8) is 0 Å². The minimum absolute atomic E-state index is 0.496. The first kappa shape index (κ1) is 15.5. The molecular formula is C14H18ClNO3. The van der Waals surface area contributed by atoms with Crippen LogP contribution in [-0.2, 0) is 4.79 Å². The van der Waals surface area contributed by atoms with Crippen LogP contribution in [0.15, 0.2) is 24.3 Å². The van der Waals surface area contributed by atoms with E-state index in [1.54, 1.807) is 24.3 Å². The number of carbonyl (C=O) groups is 1. The van der Waals surface area contributed by atoms with E-state index < -0.39 is 5.91 Å². The van der Waals surface area contributed by atoms with E-state index in [2.05, 4.69) is 13.8 Å². The number of benzene rings is 1. The van der Waals surface area contributed by atoms with Crippen molar-refractivity contribution in [3.05, 3.63) is 34.9 Å². The standard InChI is InChI=1S/C14H18ClNO3/c1-10(2)7-8-19-13-5-3-11(9-12(13)15)4-6-14(17)16-18/h3-6,9-10,18H,7-8H2,1-2H3,(H,16,17)/b6-4+. The van der Waals surface area contributed by atoms with Crippen LogP contribution < -0.4 is 10.2 Å². The van der Waals surface area contributed by atoms with Crippen LogP contribution in [0.2, 0.25) is 5.02 Å². The van der Waals surface area contributed by atoms with Gasteiger partial charge in [0.05, 0.1) is 11.6 Å². The van der Waals surface area contributed by atoms with E-state index in [-0.39, 0.29) is 0 Å². The second kappa shape index (κ2) is 7.81. The van der Waals surface area contributed by atoms with Crippen LogP contribution in [0, 0.1) is 5.92 Å². The second-order valence-electron chi connectivity index (χ2n) is 4.53. The Kier molecular flexibility index (Phi) is 6.39. The van der Waals surface area contributed by atoms with Crippen LogP contribution in [-0.4, -0.2) is 17.7 Å². The fourth-order valence-electron chi connectivity index (χ4n) is 1.35. The molecule has 0 aromatic heterocycles. The van der Waals surface area contributed by atoms with Gasteiger partial charge in [-0.25, -0.2) is 5.48 Å². The van der Waals surface area contributed by atoms with E-state index in [1.807, 2.05) is 0 Å². The normalized spacial score (nSPS) is 11.0. The third kappa shape index (κ3) is 5.77. The van der Waals surface area contributed by atoms with Gasteiger partial charge in [-0.3, -0.25) is 10.0 Å². The monoisotopic (exact) mass is 283 g/mol. The Labute approximate surface area is 118 Å². The quantitative estimate of drug-likeness (QED) is 0.478. The number of hydrogen-bond donors (Lipinski definition) is 2. The van der Waals surface area contributed by atoms with Crippen LogP contribution in [0.3, 0.4) is 0 Å². The van der Waals surface area contributed by atoms with E-state index in [9.17, 15) is 4.79 Å². The van der Waals surface area contributed by atoms with Crippen LogP contribution >= 0.6 is 11.6 Å². The molecule has 0 unspecified atom stereocenters. The van der Waals surface area contributed by atoms with Gasteiger partial charge >= 0.3 is 0 Å². The zero-order valence-electron chi connectivity index (χ0n) is 11.0. The summed E-state index contributed by atoms with van der Waals surface area (Å²) in [6.45, 7) is 4.88. The maximum Gasteiger partial charge on any atom is 0.267 e. The molecule has 2 N–H and O–H groups in total. The maximum atomic E-state index is 10.8. The first-order valence-electron chi connectivity index (χ1n) is 6.07. The lowest BCUT2D eigenvalue weighted by Gasteiger charge is -2.09. The number of carbonyl (C=O) groups excluding carboxylic acids is 1. The van der Waals surface area contributed by atoms with E-state index in [0.29, 0.717) is 23.3 Å². The van der Waals surface area contributed by atoms with Crippen molar-refractivity contribution in [2.45, 2.75) is 20.3 Å². The van der Waals surface area contributed by atoms with E-state index in [4.69, 9.17) is 21.5 Å². The molecule has 5 heteroatoms. The maximum absolute atomic E-state index is 10.8. The van der Waals surface area contributed by atoms with Crippen molar-refractivity contribution in [1.29, 1.82) is 0 Å². The lowest BCUT2D eigenvalue weighted by Crippen LogP contribution is -2.14. The molecule has 0 heterocycles. The third-order valence-electron chi connectivity index (χ3n) is 2.45. The van der Waals surface area contributed by atoms with Gasteiger partial charge in [0, 0.05) is 6.08 Å². The molecule has 0 aliphatic carbocycles. The van der Waals surface area contributed by atoms with Crippen LogP contribution in [0.1, 0.15) is 25.8 Å². The zero-order valence-corrected chi connectivity index (χ0v) is 11.8. The van der Waals surface area contributed by atoms with Gasteiger partial charge in [-0.15, -0.1) is 0 Å². The molecule has 1 aromatic carbocycles. The predicted molar refractivity (Wildman–Crippen MR) is 75.4 cm³/mol. The van der Waals surface area contributed by atoms with Gasteiger partial charge in [-0.1, -0.05) is 31.5 Å². The summed E-state index contributed by atoms with van der Waals surface area (Å²) in [5, 5.41) is 8.85. The topological polar surface area (TPSA) is 58.6 Å². The summed E-state index contributed by atoms with van der Waals surface area (Å²) in [6.07, 6.45) is 3.73. The smallest absolute Gasteiger partial charge is 0.267 e. The van der Waals surface area contributed by atoms with Gasteiger partial charge in [0.2, 0.25) is 0 Å². The molecule has 0 saturated carbocycles. The summed E-state index contributed by atoms with van der Waals surface area (Å²) in [5.74, 6) is 0.623. The summed E-state index contributed by atoms with van der Waals surface area (Å²) in [4.78, 5) is 10.8. The highest BCUT2D eigenvalue weighted by Crippen LogP contribution is 2.26. The van der Waals surface area contributed by atoms with Crippen molar-refractivity contribution in [3.8, 4) is 5.75 Å². The number of hydroxylamine groups is 1. The number of nitrogens with one attached hydrogen (secondary N) is 1. The molecule has 0 saturated heterocycles. The molecule has 104 valence electrons. The van der Waals surface area contributed by atoms with Gasteiger partial charge in [-0.2, -0.15) is 0 Å². The second-order valence-corrected chi connectivity index (χ2v) is 4.94. The number of amides is 1. The number of hydrogen-bond acceptors (Lipinski definition) is 3. The molecule has 1 rings (SSSR count). The molecule has 19 heavy (non-hydrogen) atoms. The molecule has 0 atom stereocenters. The lowest BCUT2D eigenvalue weighted by atomic mass is 10.1. The number of rotatable bonds is 6. The predicted octanol–water partition coefficient (Wildman–Crippen LogP) is 3.28. The molecule has 4 nitrogen and oxygen atoms in total. The summed E-state index contributed by atoms with van der Waals surface area (Å²) < 4.78 is 5.57. The average Bonchev–Trinajstić information content (AvgIpc) is 2.37. The Balaban J connectivity index is 2.64. The van der Waals surface area contributed by atoms with Gasteiger partial charge in [-0.05, 0) is 36.1 Å². The summed E-state index contributed by atoms with van der Waals surface area (Å²) >= 11 is 6.09. The van der Waals surface area contributed by atoms with Crippen molar-refractivity contribution in [2.24, 2.45) is 5.92 Å². The number of halogens is 1. The first-order chi connectivity index (χ1) is 9.02. The van der Waals surface area contributed by atoms with Gasteiger partial charge in [0.1, 0.15) is 5.75 Å². The Bertz CT molecular complexity index is 458. The Morgan fingerprint density at radius 2 is 2.26 bits per heavy atom. The molecule has 0 spiro atoms. The molecule has 0 bridgehead atoms. The highest BCUT2D eigenvalue weighted by atomic mass is 35.5. The SMILES string of the molecule is CC(C)CCOc1ccc(/C=C/C(=O)NO)cc1Cl. The van der Waals surface area contributed by atoms with Gasteiger partial charge < -0.3 is 4.74 Å². The Hall–Kier alpha value is -1.52.